The maximum Gasteiger partial charge on any atom is 0.259 e. The molecule has 0 N–H and O–H groups in total. The van der Waals surface area contributed by atoms with Crippen LogP contribution < -0.4 is 0 Å². The van der Waals surface area contributed by atoms with Crippen molar-refractivity contribution in [1.29, 1.82) is 0 Å². The number of thioether (sulfide) groups is 1. The summed E-state index contributed by atoms with van der Waals surface area (Å²) in [7, 11) is -1.44. The second-order valence-electron chi connectivity index (χ2n) is 6.26. The maximum absolute atomic E-state index is 6.13. The molecule has 0 saturated carbocycles. The van der Waals surface area contributed by atoms with Gasteiger partial charge < -0.3 is 9.05 Å². The zero-order chi connectivity index (χ0) is 15.8. The van der Waals surface area contributed by atoms with Gasteiger partial charge in [0.15, 0.2) is 0 Å². The Labute approximate surface area is 133 Å². The standard InChI is InChI=1S/C14H34NO2PS2/c1-13(2)15(14(3)4)18(16-9-11-19-5)17-10-12-20(6,7)8/h13-14H,9-12H2,1-8H3. The van der Waals surface area contributed by atoms with Crippen molar-refractivity contribution in [2.75, 3.05) is 49.7 Å². The molecule has 0 aromatic heterocycles. The lowest BCUT2D eigenvalue weighted by molar-refractivity contribution is 0.186. The van der Waals surface area contributed by atoms with Crippen LogP contribution >= 0.6 is 30.3 Å². The fraction of sp³-hybridized carbons (Fsp3) is 1.00. The normalized spacial score (nSPS) is 15.3. The summed E-state index contributed by atoms with van der Waals surface area (Å²) >= 11 is 1.82. The molecule has 0 bridgehead atoms. The van der Waals surface area contributed by atoms with Gasteiger partial charge in [-0.1, -0.05) is 0 Å². The van der Waals surface area contributed by atoms with Gasteiger partial charge in [-0.25, -0.2) is 14.7 Å². The van der Waals surface area contributed by atoms with Gasteiger partial charge in [0.05, 0.1) is 13.2 Å². The number of hydrogen-bond acceptors (Lipinski definition) is 4. The molecule has 0 aliphatic carbocycles. The summed E-state index contributed by atoms with van der Waals surface area (Å²) in [6.07, 6.45) is 9.10. The van der Waals surface area contributed by atoms with Gasteiger partial charge in [-0.05, 0) is 52.7 Å². The van der Waals surface area contributed by atoms with Gasteiger partial charge in [0.2, 0.25) is 0 Å². The van der Waals surface area contributed by atoms with Crippen molar-refractivity contribution in [2.45, 2.75) is 39.8 Å². The molecular weight excluding hydrogens is 309 g/mol. The Balaban J connectivity index is 4.52. The van der Waals surface area contributed by atoms with Gasteiger partial charge in [-0.15, -0.1) is 0 Å². The molecule has 0 amide bonds. The summed E-state index contributed by atoms with van der Waals surface area (Å²) in [6, 6.07) is 0.884. The highest BCUT2D eigenvalue weighted by Gasteiger charge is 2.27. The molecule has 124 valence electrons. The Bertz CT molecular complexity index is 240. The average Bonchev–Trinajstić information content (AvgIpc) is 2.26. The van der Waals surface area contributed by atoms with Crippen molar-refractivity contribution in [3.8, 4) is 0 Å². The highest BCUT2D eigenvalue weighted by Crippen LogP contribution is 2.46. The van der Waals surface area contributed by atoms with Crippen molar-refractivity contribution >= 4 is 30.3 Å². The van der Waals surface area contributed by atoms with E-state index in [1.54, 1.807) is 0 Å². The number of hydrogen-bond donors (Lipinski definition) is 0. The first kappa shape index (κ1) is 21.0. The van der Waals surface area contributed by atoms with E-state index in [4.69, 9.17) is 9.05 Å². The third kappa shape index (κ3) is 9.86. The summed E-state index contributed by atoms with van der Waals surface area (Å²) in [5.74, 6) is 2.17. The van der Waals surface area contributed by atoms with E-state index in [0.717, 1.165) is 24.7 Å². The molecule has 0 heterocycles. The number of nitrogens with zero attached hydrogens (tertiary/aromatic N) is 1. The zero-order valence-corrected chi connectivity index (χ0v) is 17.0. The predicted octanol–water partition coefficient (Wildman–Crippen LogP) is 4.42. The summed E-state index contributed by atoms with van der Waals surface area (Å²) in [5, 5.41) is 0. The third-order valence-corrected chi connectivity index (χ3v) is 6.71. The zero-order valence-electron chi connectivity index (χ0n) is 14.5. The van der Waals surface area contributed by atoms with Gasteiger partial charge in [-0.2, -0.15) is 11.8 Å². The van der Waals surface area contributed by atoms with Crippen molar-refractivity contribution in [3.63, 3.8) is 0 Å². The molecule has 0 aromatic carbocycles. The Morgan fingerprint density at radius 2 is 1.50 bits per heavy atom. The lowest BCUT2D eigenvalue weighted by Crippen LogP contribution is -2.34. The maximum atomic E-state index is 6.13. The van der Waals surface area contributed by atoms with E-state index in [1.807, 2.05) is 11.8 Å². The smallest absolute Gasteiger partial charge is 0.259 e. The summed E-state index contributed by atoms with van der Waals surface area (Å²) < 4.78 is 14.5. The van der Waals surface area contributed by atoms with Gasteiger partial charge in [0.25, 0.3) is 8.53 Å². The van der Waals surface area contributed by atoms with Crippen LogP contribution in [-0.2, 0) is 9.05 Å². The molecule has 1 atom stereocenters. The molecule has 1 unspecified atom stereocenters. The first-order valence-corrected chi connectivity index (χ1v) is 12.7. The lowest BCUT2D eigenvalue weighted by atomic mass is 10.3. The minimum Gasteiger partial charge on any atom is -0.321 e. The topological polar surface area (TPSA) is 21.7 Å². The lowest BCUT2D eigenvalue weighted by Gasteiger charge is -2.36. The van der Waals surface area contributed by atoms with E-state index in [1.165, 1.54) is 0 Å². The van der Waals surface area contributed by atoms with E-state index in [-0.39, 0.29) is 0 Å². The van der Waals surface area contributed by atoms with Gasteiger partial charge in [0.1, 0.15) is 0 Å². The Hall–Kier alpha value is 1.01. The molecule has 0 aliphatic rings. The van der Waals surface area contributed by atoms with Gasteiger partial charge in [0, 0.05) is 23.6 Å². The second kappa shape index (κ2) is 10.7. The highest BCUT2D eigenvalue weighted by molar-refractivity contribution is 8.32. The van der Waals surface area contributed by atoms with Crippen molar-refractivity contribution in [1.82, 2.24) is 4.67 Å². The first-order chi connectivity index (χ1) is 9.19. The third-order valence-electron chi connectivity index (χ3n) is 2.63. The van der Waals surface area contributed by atoms with Crippen LogP contribution in [0.5, 0.6) is 0 Å². The molecule has 0 aliphatic heterocycles. The SMILES string of the molecule is CSCCOP(OCCS(C)(C)C)N(C(C)C)C(C)C. The molecule has 0 rings (SSSR count). The predicted molar refractivity (Wildman–Crippen MR) is 99.5 cm³/mol. The molecule has 0 saturated heterocycles. The minimum absolute atomic E-state index is 0.442. The van der Waals surface area contributed by atoms with Crippen LogP contribution in [-0.4, -0.2) is 66.5 Å². The first-order valence-electron chi connectivity index (χ1n) is 7.18. The quantitative estimate of drug-likeness (QED) is 0.409. The average molecular weight is 344 g/mol. The molecule has 6 heteroatoms. The second-order valence-corrected chi connectivity index (χ2v) is 13.3. The fourth-order valence-corrected chi connectivity index (χ4v) is 4.38. The van der Waals surface area contributed by atoms with Crippen molar-refractivity contribution in [2.24, 2.45) is 0 Å². The Kier molecular flexibility index (Phi) is 11.2. The van der Waals surface area contributed by atoms with E-state index in [9.17, 15) is 0 Å². The van der Waals surface area contributed by atoms with Crippen molar-refractivity contribution < 1.29 is 9.05 Å². The van der Waals surface area contributed by atoms with Crippen LogP contribution in [0.3, 0.4) is 0 Å². The summed E-state index contributed by atoms with van der Waals surface area (Å²) in [6.45, 7) is 10.4. The van der Waals surface area contributed by atoms with Gasteiger partial charge >= 0.3 is 0 Å². The van der Waals surface area contributed by atoms with Crippen LogP contribution in [0.2, 0.25) is 0 Å². The molecule has 0 radical (unpaired) electrons. The van der Waals surface area contributed by atoms with Crippen LogP contribution in [0, 0.1) is 0 Å². The minimum atomic E-state index is -0.934. The van der Waals surface area contributed by atoms with Crippen LogP contribution in [0.15, 0.2) is 0 Å². The Morgan fingerprint density at radius 1 is 1.00 bits per heavy atom. The molecule has 3 nitrogen and oxygen atoms in total. The molecule has 0 spiro atoms. The van der Waals surface area contributed by atoms with E-state index in [0.29, 0.717) is 12.1 Å². The largest absolute Gasteiger partial charge is 0.321 e. The van der Waals surface area contributed by atoms with Crippen LogP contribution in [0.1, 0.15) is 27.7 Å². The fourth-order valence-electron chi connectivity index (χ4n) is 1.71. The number of rotatable bonds is 11. The van der Waals surface area contributed by atoms with E-state index < -0.39 is 18.6 Å². The molecule has 0 aromatic rings. The van der Waals surface area contributed by atoms with Gasteiger partial charge in [-0.3, -0.25) is 0 Å². The summed E-state index contributed by atoms with van der Waals surface area (Å²) in [4.78, 5) is 0. The monoisotopic (exact) mass is 343 g/mol. The Morgan fingerprint density at radius 3 is 1.90 bits per heavy atom. The summed E-state index contributed by atoms with van der Waals surface area (Å²) in [5.41, 5.74) is 0. The van der Waals surface area contributed by atoms with Crippen LogP contribution in [0.4, 0.5) is 0 Å². The molecular formula is C14H34NO2PS2. The van der Waals surface area contributed by atoms with E-state index in [2.05, 4.69) is 57.4 Å². The molecule has 0 fully saturated rings. The van der Waals surface area contributed by atoms with Crippen LogP contribution in [0.25, 0.3) is 0 Å². The van der Waals surface area contributed by atoms with Crippen molar-refractivity contribution in [3.05, 3.63) is 0 Å². The highest BCUT2D eigenvalue weighted by atomic mass is 32.3. The molecule has 20 heavy (non-hydrogen) atoms. The van der Waals surface area contributed by atoms with E-state index >= 15 is 0 Å².